The normalized spacial score (nSPS) is 15.0. The first-order chi connectivity index (χ1) is 11.3. The van der Waals surface area contributed by atoms with Gasteiger partial charge in [0, 0.05) is 29.7 Å². The van der Waals surface area contributed by atoms with Crippen LogP contribution in [0, 0.1) is 0 Å². The van der Waals surface area contributed by atoms with Crippen LogP contribution in [0.5, 0.6) is 0 Å². The van der Waals surface area contributed by atoms with Gasteiger partial charge < -0.3 is 15.2 Å². The second kappa shape index (κ2) is 6.03. The van der Waals surface area contributed by atoms with Crippen molar-refractivity contribution in [1.82, 2.24) is 15.2 Å². The van der Waals surface area contributed by atoms with Gasteiger partial charge in [-0.25, -0.2) is 4.79 Å². The fraction of sp³-hybridized carbons (Fsp3) is 0.471. The molecule has 0 radical (unpaired) electrons. The molecule has 0 unspecified atom stereocenters. The number of urea groups is 1. The third-order valence-electron chi connectivity index (χ3n) is 4.35. The number of carbonyl (C=O) groups is 1. The van der Waals surface area contributed by atoms with Crippen LogP contribution >= 0.6 is 0 Å². The number of halogens is 3. The van der Waals surface area contributed by atoms with Gasteiger partial charge in [-0.2, -0.15) is 13.2 Å². The van der Waals surface area contributed by atoms with Crippen molar-refractivity contribution in [2.75, 3.05) is 13.1 Å². The molecule has 0 saturated carbocycles. The van der Waals surface area contributed by atoms with Gasteiger partial charge in [-0.15, -0.1) is 0 Å². The highest BCUT2D eigenvalue weighted by Crippen LogP contribution is 2.37. The number of H-pyrrole nitrogens is 1. The van der Waals surface area contributed by atoms with Crippen molar-refractivity contribution in [1.29, 1.82) is 0 Å². The number of aromatic nitrogens is 1. The number of benzene rings is 1. The molecule has 0 atom stereocenters. The minimum Gasteiger partial charge on any atom is -0.357 e. The molecule has 4 nitrogen and oxygen atoms in total. The zero-order chi connectivity index (χ0) is 17.5. The van der Waals surface area contributed by atoms with Crippen molar-refractivity contribution in [2.24, 2.45) is 0 Å². The summed E-state index contributed by atoms with van der Waals surface area (Å²) in [7, 11) is 0. The van der Waals surface area contributed by atoms with Gasteiger partial charge in [-0.05, 0) is 36.1 Å². The molecule has 2 amide bonds. The number of hydrogen-bond donors (Lipinski definition) is 2. The van der Waals surface area contributed by atoms with Gasteiger partial charge in [0.15, 0.2) is 0 Å². The number of nitrogens with one attached hydrogen (secondary N) is 2. The van der Waals surface area contributed by atoms with Crippen LogP contribution in [0.2, 0.25) is 0 Å². The van der Waals surface area contributed by atoms with Crippen LogP contribution < -0.4 is 5.32 Å². The van der Waals surface area contributed by atoms with E-state index in [4.69, 9.17) is 0 Å². The molecule has 2 aromatic rings. The SMILES string of the molecule is CC(C)c1cc2[nH]c(CNC(=O)N3CCC3)cc2cc1C(F)(F)F. The monoisotopic (exact) mass is 339 g/mol. The number of aromatic amines is 1. The first-order valence-electron chi connectivity index (χ1n) is 8.01. The number of nitrogens with zero attached hydrogens (tertiary/aromatic N) is 1. The Kier molecular flexibility index (Phi) is 4.19. The van der Waals surface area contributed by atoms with Crippen molar-refractivity contribution >= 4 is 16.9 Å². The minimum absolute atomic E-state index is 0.140. The fourth-order valence-electron chi connectivity index (χ4n) is 2.88. The topological polar surface area (TPSA) is 48.1 Å². The summed E-state index contributed by atoms with van der Waals surface area (Å²) in [4.78, 5) is 16.6. The van der Waals surface area contributed by atoms with Crippen LogP contribution in [0.1, 0.15) is 43.0 Å². The van der Waals surface area contributed by atoms with E-state index in [1.165, 1.54) is 6.07 Å². The molecule has 1 aliphatic rings. The average molecular weight is 339 g/mol. The Bertz CT molecular complexity index is 760. The molecule has 1 fully saturated rings. The molecule has 130 valence electrons. The molecule has 2 heterocycles. The smallest absolute Gasteiger partial charge is 0.357 e. The quantitative estimate of drug-likeness (QED) is 0.864. The fourth-order valence-corrected chi connectivity index (χ4v) is 2.88. The van der Waals surface area contributed by atoms with Crippen molar-refractivity contribution in [3.8, 4) is 0 Å². The largest absolute Gasteiger partial charge is 0.416 e. The summed E-state index contributed by atoms with van der Waals surface area (Å²) in [5, 5.41) is 3.28. The third-order valence-corrected chi connectivity index (χ3v) is 4.35. The summed E-state index contributed by atoms with van der Waals surface area (Å²) in [6, 6.07) is 4.26. The number of likely N-dealkylation sites (tertiary alicyclic amines) is 1. The van der Waals surface area contributed by atoms with Gasteiger partial charge >= 0.3 is 12.2 Å². The van der Waals surface area contributed by atoms with Gasteiger partial charge in [-0.1, -0.05) is 13.8 Å². The number of amides is 2. The standard InChI is InChI=1S/C17H20F3N3O/c1-10(2)13-8-15-11(7-14(13)17(18,19)20)6-12(22-15)9-21-16(24)23-4-3-5-23/h6-8,10,22H,3-5,9H2,1-2H3,(H,21,24). The number of carbonyl (C=O) groups excluding carboxylic acids is 1. The summed E-state index contributed by atoms with van der Waals surface area (Å²) in [5.41, 5.74) is 1.01. The van der Waals surface area contributed by atoms with E-state index in [0.29, 0.717) is 16.6 Å². The number of alkyl halides is 3. The first-order valence-corrected chi connectivity index (χ1v) is 8.01. The highest BCUT2D eigenvalue weighted by molar-refractivity contribution is 5.83. The number of rotatable bonds is 3. The lowest BCUT2D eigenvalue weighted by atomic mass is 9.95. The predicted octanol–water partition coefficient (Wildman–Crippen LogP) is 4.23. The lowest BCUT2D eigenvalue weighted by molar-refractivity contribution is -0.138. The molecule has 0 aliphatic carbocycles. The van der Waals surface area contributed by atoms with Crippen molar-refractivity contribution in [3.63, 3.8) is 0 Å². The van der Waals surface area contributed by atoms with Crippen LogP contribution in [0.4, 0.5) is 18.0 Å². The van der Waals surface area contributed by atoms with Crippen LogP contribution in [0.25, 0.3) is 10.9 Å². The van der Waals surface area contributed by atoms with Crippen LogP contribution in [0.3, 0.4) is 0 Å². The van der Waals surface area contributed by atoms with Crippen LogP contribution in [0.15, 0.2) is 18.2 Å². The summed E-state index contributed by atoms with van der Waals surface area (Å²) < 4.78 is 39.8. The minimum atomic E-state index is -4.38. The molecule has 1 aromatic heterocycles. The van der Waals surface area contributed by atoms with Gasteiger partial charge in [0.2, 0.25) is 0 Å². The Morgan fingerprint density at radius 3 is 2.54 bits per heavy atom. The Morgan fingerprint density at radius 1 is 1.29 bits per heavy atom. The Balaban J connectivity index is 1.85. The predicted molar refractivity (Wildman–Crippen MR) is 85.8 cm³/mol. The van der Waals surface area contributed by atoms with Crippen molar-refractivity contribution in [2.45, 2.75) is 38.9 Å². The lowest BCUT2D eigenvalue weighted by Gasteiger charge is -2.30. The van der Waals surface area contributed by atoms with E-state index in [1.54, 1.807) is 30.9 Å². The molecular weight excluding hydrogens is 319 g/mol. The van der Waals surface area contributed by atoms with E-state index < -0.39 is 11.7 Å². The molecule has 7 heteroatoms. The number of hydrogen-bond acceptors (Lipinski definition) is 1. The zero-order valence-electron chi connectivity index (χ0n) is 13.6. The van der Waals surface area contributed by atoms with Gasteiger partial charge in [0.1, 0.15) is 0 Å². The van der Waals surface area contributed by atoms with Gasteiger partial charge in [-0.3, -0.25) is 0 Å². The summed E-state index contributed by atoms with van der Waals surface area (Å²) in [6.07, 6.45) is -3.37. The summed E-state index contributed by atoms with van der Waals surface area (Å²) >= 11 is 0. The Labute approximate surface area is 138 Å². The molecular formula is C17H20F3N3O. The summed E-state index contributed by atoms with van der Waals surface area (Å²) in [5.74, 6) is -0.233. The number of fused-ring (bicyclic) bond motifs is 1. The Morgan fingerprint density at radius 2 is 2.00 bits per heavy atom. The second-order valence-corrected chi connectivity index (χ2v) is 6.47. The molecule has 1 aliphatic heterocycles. The van der Waals surface area contributed by atoms with Crippen molar-refractivity contribution < 1.29 is 18.0 Å². The maximum atomic E-state index is 13.3. The van der Waals surface area contributed by atoms with E-state index in [1.807, 2.05) is 0 Å². The van der Waals surface area contributed by atoms with Gasteiger partial charge in [0.05, 0.1) is 12.1 Å². The maximum absolute atomic E-state index is 13.3. The molecule has 3 rings (SSSR count). The molecule has 1 aromatic carbocycles. The van der Waals surface area contributed by atoms with E-state index in [2.05, 4.69) is 10.3 Å². The van der Waals surface area contributed by atoms with Crippen molar-refractivity contribution in [3.05, 3.63) is 35.0 Å². The van der Waals surface area contributed by atoms with E-state index >= 15 is 0 Å². The lowest BCUT2D eigenvalue weighted by Crippen LogP contribution is -2.47. The van der Waals surface area contributed by atoms with Gasteiger partial charge in [0.25, 0.3) is 0 Å². The highest BCUT2D eigenvalue weighted by Gasteiger charge is 2.34. The molecule has 1 saturated heterocycles. The molecule has 2 N–H and O–H groups in total. The Hall–Kier alpha value is -2.18. The van der Waals surface area contributed by atoms with E-state index in [9.17, 15) is 18.0 Å². The third kappa shape index (κ3) is 3.20. The maximum Gasteiger partial charge on any atom is 0.416 e. The zero-order valence-corrected chi connectivity index (χ0v) is 13.6. The molecule has 0 spiro atoms. The van der Waals surface area contributed by atoms with E-state index in [0.717, 1.165) is 19.5 Å². The summed E-state index contributed by atoms with van der Waals surface area (Å²) in [6.45, 7) is 5.26. The van der Waals surface area contributed by atoms with E-state index in [-0.39, 0.29) is 24.1 Å². The first kappa shape index (κ1) is 16.7. The molecule has 24 heavy (non-hydrogen) atoms. The molecule has 0 bridgehead atoms. The second-order valence-electron chi connectivity index (χ2n) is 6.47. The van der Waals surface area contributed by atoms with Crippen LogP contribution in [-0.4, -0.2) is 29.0 Å². The highest BCUT2D eigenvalue weighted by atomic mass is 19.4. The average Bonchev–Trinajstić information content (AvgIpc) is 2.82. The van der Waals surface area contributed by atoms with Crippen LogP contribution in [-0.2, 0) is 12.7 Å².